The van der Waals surface area contributed by atoms with Gasteiger partial charge in [-0.05, 0) is 37.7 Å². The van der Waals surface area contributed by atoms with Crippen molar-refractivity contribution in [2.45, 2.75) is 38.6 Å². The Morgan fingerprint density at radius 3 is 2.90 bits per heavy atom. The Kier molecular flexibility index (Phi) is 3.93. The van der Waals surface area contributed by atoms with Gasteiger partial charge in [-0.3, -0.25) is 0 Å². The highest BCUT2D eigenvalue weighted by molar-refractivity contribution is 7.99. The van der Waals surface area contributed by atoms with Gasteiger partial charge in [0.05, 0.1) is 16.6 Å². The number of benzene rings is 1. The molecule has 0 saturated heterocycles. The molecule has 1 saturated carbocycles. The van der Waals surface area contributed by atoms with Crippen LogP contribution in [0.25, 0.3) is 11.0 Å². The van der Waals surface area contributed by atoms with Gasteiger partial charge in [0, 0.05) is 17.7 Å². The summed E-state index contributed by atoms with van der Waals surface area (Å²) in [7, 11) is 0. The zero-order chi connectivity index (χ0) is 15.0. The second-order valence-corrected chi connectivity index (χ2v) is 6.92. The Hall–Kier alpha value is -1.49. The number of carboxylic acid groups (broad SMARTS) is 1. The molecule has 21 heavy (non-hydrogen) atoms. The van der Waals surface area contributed by atoms with Crippen molar-refractivity contribution in [3.05, 3.63) is 29.6 Å². The number of aromatic carboxylic acids is 1. The van der Waals surface area contributed by atoms with Crippen LogP contribution in [0.5, 0.6) is 0 Å². The van der Waals surface area contributed by atoms with Crippen LogP contribution in [-0.2, 0) is 0 Å². The monoisotopic (exact) mass is 304 g/mol. The van der Waals surface area contributed by atoms with Crippen LogP contribution in [0.2, 0.25) is 0 Å². The third-order valence-corrected chi connectivity index (χ3v) is 5.04. The topological polar surface area (TPSA) is 55.1 Å². The van der Waals surface area contributed by atoms with Gasteiger partial charge >= 0.3 is 5.97 Å². The van der Waals surface area contributed by atoms with Gasteiger partial charge in [-0.25, -0.2) is 9.78 Å². The van der Waals surface area contributed by atoms with Crippen molar-refractivity contribution in [1.29, 1.82) is 0 Å². The molecule has 112 valence electrons. The molecule has 1 aromatic carbocycles. The fourth-order valence-electron chi connectivity index (χ4n) is 2.78. The number of fused-ring (bicyclic) bond motifs is 1. The van der Waals surface area contributed by atoms with Gasteiger partial charge in [0.2, 0.25) is 0 Å². The van der Waals surface area contributed by atoms with Crippen LogP contribution in [0.3, 0.4) is 0 Å². The van der Waals surface area contributed by atoms with Crippen molar-refractivity contribution in [2.75, 3.05) is 11.5 Å². The van der Waals surface area contributed by atoms with Crippen LogP contribution in [0.4, 0.5) is 0 Å². The van der Waals surface area contributed by atoms with Crippen molar-refractivity contribution >= 4 is 28.8 Å². The number of nitrogens with zero attached hydrogens (tertiary/aromatic N) is 2. The highest BCUT2D eigenvalue weighted by atomic mass is 32.2. The van der Waals surface area contributed by atoms with Crippen molar-refractivity contribution in [2.24, 2.45) is 0 Å². The second kappa shape index (κ2) is 5.72. The minimum absolute atomic E-state index is 0.260. The molecule has 5 heteroatoms. The van der Waals surface area contributed by atoms with E-state index >= 15 is 0 Å². The van der Waals surface area contributed by atoms with Crippen molar-refractivity contribution < 1.29 is 9.90 Å². The standard InChI is InChI=1S/C16H20N2O2S/c1-3-21-9-10(2)18-14-12(16(19)20)5-4-6-13(14)17-15(18)11-7-8-11/h4-6,10-11H,3,7-9H2,1-2H3,(H,19,20). The van der Waals surface area contributed by atoms with E-state index < -0.39 is 5.97 Å². The minimum Gasteiger partial charge on any atom is -0.478 e. The van der Waals surface area contributed by atoms with Gasteiger partial charge < -0.3 is 9.67 Å². The molecular formula is C16H20N2O2S. The number of hydrogen-bond acceptors (Lipinski definition) is 3. The first-order valence-electron chi connectivity index (χ1n) is 7.45. The maximum absolute atomic E-state index is 11.6. The molecule has 0 radical (unpaired) electrons. The molecule has 4 nitrogen and oxygen atoms in total. The summed E-state index contributed by atoms with van der Waals surface area (Å²) in [5, 5.41) is 9.48. The zero-order valence-corrected chi connectivity index (χ0v) is 13.2. The number of imidazole rings is 1. The number of aromatic nitrogens is 2. The van der Waals surface area contributed by atoms with E-state index in [1.54, 1.807) is 12.1 Å². The first-order chi connectivity index (χ1) is 10.1. The third kappa shape index (κ3) is 2.67. The SMILES string of the molecule is CCSCC(C)n1c(C2CC2)nc2cccc(C(=O)O)c21. The molecule has 1 unspecified atom stereocenters. The zero-order valence-electron chi connectivity index (χ0n) is 12.4. The molecule has 1 aliphatic carbocycles. The smallest absolute Gasteiger partial charge is 0.337 e. The first-order valence-corrected chi connectivity index (χ1v) is 8.60. The molecule has 0 bridgehead atoms. The van der Waals surface area contributed by atoms with Gasteiger partial charge in [0.25, 0.3) is 0 Å². The van der Waals surface area contributed by atoms with Crippen LogP contribution < -0.4 is 0 Å². The molecule has 2 aromatic rings. The van der Waals surface area contributed by atoms with Crippen molar-refractivity contribution in [3.8, 4) is 0 Å². The van der Waals surface area contributed by atoms with E-state index in [1.807, 2.05) is 17.8 Å². The Morgan fingerprint density at radius 1 is 1.52 bits per heavy atom. The Morgan fingerprint density at radius 2 is 2.29 bits per heavy atom. The van der Waals surface area contributed by atoms with Crippen molar-refractivity contribution in [3.63, 3.8) is 0 Å². The Bertz CT molecular complexity index is 676. The van der Waals surface area contributed by atoms with E-state index in [1.165, 1.54) is 12.8 Å². The maximum Gasteiger partial charge on any atom is 0.337 e. The van der Waals surface area contributed by atoms with E-state index in [2.05, 4.69) is 18.4 Å². The second-order valence-electron chi connectivity index (χ2n) is 5.60. The average molecular weight is 304 g/mol. The summed E-state index contributed by atoms with van der Waals surface area (Å²) in [6.45, 7) is 4.31. The number of thioether (sulfide) groups is 1. The quantitative estimate of drug-likeness (QED) is 0.878. The Balaban J connectivity index is 2.17. The summed E-state index contributed by atoms with van der Waals surface area (Å²) in [5.41, 5.74) is 1.96. The van der Waals surface area contributed by atoms with Crippen molar-refractivity contribution in [1.82, 2.24) is 9.55 Å². The molecule has 0 aliphatic heterocycles. The molecule has 0 spiro atoms. The third-order valence-electron chi connectivity index (χ3n) is 3.91. The lowest BCUT2D eigenvalue weighted by molar-refractivity contribution is 0.0698. The summed E-state index contributed by atoms with van der Waals surface area (Å²) in [6, 6.07) is 5.64. The molecule has 1 aliphatic rings. The van der Waals surface area contributed by atoms with Gasteiger partial charge in [-0.15, -0.1) is 0 Å². The lowest BCUT2D eigenvalue weighted by Gasteiger charge is -2.18. The van der Waals surface area contributed by atoms with Gasteiger partial charge in [-0.1, -0.05) is 13.0 Å². The van der Waals surface area contributed by atoms with Crippen LogP contribution in [0.1, 0.15) is 54.8 Å². The Labute approximate surface area is 128 Å². The number of hydrogen-bond donors (Lipinski definition) is 1. The largest absolute Gasteiger partial charge is 0.478 e. The van der Waals surface area contributed by atoms with E-state index in [-0.39, 0.29) is 6.04 Å². The lowest BCUT2D eigenvalue weighted by Crippen LogP contribution is -2.13. The lowest BCUT2D eigenvalue weighted by atomic mass is 10.1. The molecule has 1 fully saturated rings. The number of carboxylic acids is 1. The average Bonchev–Trinajstić information content (AvgIpc) is 3.24. The molecular weight excluding hydrogens is 284 g/mol. The number of carbonyl (C=O) groups is 1. The van der Waals surface area contributed by atoms with E-state index in [0.29, 0.717) is 11.5 Å². The summed E-state index contributed by atoms with van der Waals surface area (Å²) >= 11 is 1.88. The highest BCUT2D eigenvalue weighted by Gasteiger charge is 2.32. The molecule has 0 amide bonds. The van der Waals surface area contributed by atoms with Crippen LogP contribution >= 0.6 is 11.8 Å². The first kappa shape index (κ1) is 14.4. The normalized spacial score (nSPS) is 16.3. The number of rotatable bonds is 6. The molecule has 1 heterocycles. The van der Waals surface area contributed by atoms with Gasteiger partial charge in [0.15, 0.2) is 0 Å². The maximum atomic E-state index is 11.6. The van der Waals surface area contributed by atoms with Gasteiger partial charge in [-0.2, -0.15) is 11.8 Å². The molecule has 1 N–H and O–H groups in total. The number of para-hydroxylation sites is 1. The summed E-state index contributed by atoms with van der Waals surface area (Å²) in [5.74, 6) is 2.76. The molecule has 3 rings (SSSR count). The van der Waals surface area contributed by atoms with Crippen LogP contribution in [-0.4, -0.2) is 32.1 Å². The summed E-state index contributed by atoms with van der Waals surface area (Å²) in [6.07, 6.45) is 2.33. The summed E-state index contributed by atoms with van der Waals surface area (Å²) in [4.78, 5) is 16.3. The highest BCUT2D eigenvalue weighted by Crippen LogP contribution is 2.42. The minimum atomic E-state index is -0.876. The fraction of sp³-hybridized carbons (Fsp3) is 0.500. The van der Waals surface area contributed by atoms with Crippen LogP contribution in [0, 0.1) is 0 Å². The van der Waals surface area contributed by atoms with E-state index in [0.717, 1.165) is 28.4 Å². The van der Waals surface area contributed by atoms with Crippen LogP contribution in [0.15, 0.2) is 18.2 Å². The molecule has 1 aromatic heterocycles. The van der Waals surface area contributed by atoms with E-state index in [9.17, 15) is 9.90 Å². The fourth-order valence-corrected chi connectivity index (χ4v) is 3.50. The van der Waals surface area contributed by atoms with Gasteiger partial charge in [0.1, 0.15) is 5.82 Å². The summed E-state index contributed by atoms with van der Waals surface area (Å²) < 4.78 is 2.18. The van der Waals surface area contributed by atoms with E-state index in [4.69, 9.17) is 4.98 Å². The predicted molar refractivity (Wildman–Crippen MR) is 86.4 cm³/mol. The predicted octanol–water partition coefficient (Wildman–Crippen LogP) is 3.93. The molecule has 1 atom stereocenters.